The Morgan fingerprint density at radius 3 is 2.23 bits per heavy atom. The average molecular weight is 372 g/mol. The SMILES string of the molecule is C[Si](C)(C)C[n+]1nsc2ccccc21.O=S(=O)([O-])C(F)(F)F. The summed E-state index contributed by atoms with van der Waals surface area (Å²) < 4.78 is 66.8. The average Bonchev–Trinajstić information content (AvgIpc) is 2.69. The van der Waals surface area contributed by atoms with Crippen molar-refractivity contribution in [3.63, 3.8) is 0 Å². The van der Waals surface area contributed by atoms with Gasteiger partial charge < -0.3 is 4.55 Å². The van der Waals surface area contributed by atoms with Crippen LogP contribution in [0.1, 0.15) is 0 Å². The maximum Gasteiger partial charge on any atom is 0.485 e. The van der Waals surface area contributed by atoms with E-state index in [0.29, 0.717) is 0 Å². The second-order valence-corrected chi connectivity index (χ2v) is 13.3. The van der Waals surface area contributed by atoms with Gasteiger partial charge in [0.15, 0.2) is 16.3 Å². The van der Waals surface area contributed by atoms with Gasteiger partial charge in [-0.05, 0) is 6.07 Å². The molecule has 0 atom stereocenters. The van der Waals surface area contributed by atoms with Crippen LogP contribution in [-0.4, -0.2) is 31.0 Å². The van der Waals surface area contributed by atoms with Crippen molar-refractivity contribution in [1.29, 1.82) is 0 Å². The number of hydrogen-bond donors (Lipinski definition) is 0. The van der Waals surface area contributed by atoms with E-state index >= 15 is 0 Å². The first-order chi connectivity index (χ1) is 9.81. The standard InChI is InChI=1S/C10H15N2SSi.CHF3O3S/c1-14(2,3)8-12-9-6-4-5-7-10(9)13-11-12;2-1(3,4)8(5,6)7/h4-7H,8H2,1-3H3;(H,5,6,7)/q+1;/p-1. The van der Waals surface area contributed by atoms with Crippen LogP contribution in [0.3, 0.4) is 0 Å². The van der Waals surface area contributed by atoms with Crippen molar-refractivity contribution in [3.05, 3.63) is 24.3 Å². The number of halogens is 3. The number of benzene rings is 1. The molecule has 2 aromatic rings. The molecule has 11 heteroatoms. The minimum atomic E-state index is -6.09. The van der Waals surface area contributed by atoms with Gasteiger partial charge in [0.1, 0.15) is 12.8 Å². The minimum absolute atomic E-state index is 1.07. The Morgan fingerprint density at radius 2 is 1.77 bits per heavy atom. The summed E-state index contributed by atoms with van der Waals surface area (Å²) in [7, 11) is -7.16. The topological polar surface area (TPSA) is 74.0 Å². The molecule has 0 saturated heterocycles. The fourth-order valence-corrected chi connectivity index (χ4v) is 3.43. The quantitative estimate of drug-likeness (QED) is 0.351. The number of para-hydroxylation sites is 1. The molecule has 0 aliphatic rings. The normalized spacial score (nSPS) is 12.9. The molecule has 1 heterocycles. The van der Waals surface area contributed by atoms with Gasteiger partial charge in [-0.2, -0.15) is 13.2 Å². The number of aromatic nitrogens is 2. The summed E-state index contributed by atoms with van der Waals surface area (Å²) in [5, 5.41) is 0. The van der Waals surface area contributed by atoms with Gasteiger partial charge in [-0.1, -0.05) is 36.5 Å². The van der Waals surface area contributed by atoms with Crippen LogP contribution in [-0.2, 0) is 16.3 Å². The largest absolute Gasteiger partial charge is 0.741 e. The number of hydrogen-bond acceptors (Lipinski definition) is 5. The summed E-state index contributed by atoms with van der Waals surface area (Å²) in [6.45, 7) is 7.11. The third-order valence-corrected chi connectivity index (χ3v) is 4.92. The zero-order valence-corrected chi connectivity index (χ0v) is 14.7. The fourth-order valence-electron chi connectivity index (χ4n) is 1.45. The second-order valence-electron chi connectivity index (χ2n) is 5.66. The molecule has 0 radical (unpaired) electrons. The van der Waals surface area contributed by atoms with E-state index in [0.717, 1.165) is 6.17 Å². The van der Waals surface area contributed by atoms with Crippen LogP contribution in [0.2, 0.25) is 19.6 Å². The number of rotatable bonds is 2. The Labute approximate surface area is 131 Å². The third-order valence-electron chi connectivity index (χ3n) is 2.29. The van der Waals surface area contributed by atoms with E-state index in [2.05, 4.69) is 53.1 Å². The molecular formula is C11H15F3N2O3S2Si. The molecule has 0 spiro atoms. The second kappa shape index (κ2) is 6.60. The molecule has 22 heavy (non-hydrogen) atoms. The third kappa shape index (κ3) is 5.63. The molecule has 1 aromatic heterocycles. The van der Waals surface area contributed by atoms with Crippen LogP contribution in [0.25, 0.3) is 10.2 Å². The van der Waals surface area contributed by atoms with Gasteiger partial charge in [-0.15, -0.1) is 0 Å². The van der Waals surface area contributed by atoms with Crippen molar-refractivity contribution in [3.8, 4) is 0 Å². The Balaban J connectivity index is 0.000000261. The molecule has 0 fully saturated rings. The molecule has 124 valence electrons. The van der Waals surface area contributed by atoms with E-state index in [4.69, 9.17) is 13.0 Å². The smallest absolute Gasteiger partial charge is 0.485 e. The lowest BCUT2D eigenvalue weighted by atomic mass is 10.3. The predicted molar refractivity (Wildman–Crippen MR) is 78.9 cm³/mol. The molecule has 0 amide bonds. The highest BCUT2D eigenvalue weighted by molar-refractivity contribution is 7.86. The fraction of sp³-hybridized carbons (Fsp3) is 0.455. The van der Waals surface area contributed by atoms with Crippen LogP contribution in [0.15, 0.2) is 24.3 Å². The summed E-state index contributed by atoms with van der Waals surface area (Å²) in [6.07, 6.45) is 1.11. The van der Waals surface area contributed by atoms with Crippen molar-refractivity contribution in [2.75, 3.05) is 0 Å². The molecular weight excluding hydrogens is 357 g/mol. The summed E-state index contributed by atoms with van der Waals surface area (Å²) in [6, 6.07) is 8.43. The van der Waals surface area contributed by atoms with Gasteiger partial charge in [0.05, 0.1) is 4.49 Å². The zero-order valence-electron chi connectivity index (χ0n) is 12.1. The molecule has 0 aliphatic carbocycles. The summed E-state index contributed by atoms with van der Waals surface area (Å²) in [5.41, 5.74) is -4.37. The highest BCUT2D eigenvalue weighted by atomic mass is 32.2. The molecule has 0 bridgehead atoms. The maximum atomic E-state index is 10.7. The van der Waals surface area contributed by atoms with Crippen LogP contribution in [0.4, 0.5) is 13.2 Å². The highest BCUT2D eigenvalue weighted by Gasteiger charge is 2.36. The van der Waals surface area contributed by atoms with Crippen molar-refractivity contribution < 1.29 is 30.8 Å². The summed E-state index contributed by atoms with van der Waals surface area (Å²) >= 11 is 1.59. The minimum Gasteiger partial charge on any atom is -0.741 e. The number of nitrogens with zero attached hydrogens (tertiary/aromatic N) is 2. The summed E-state index contributed by atoms with van der Waals surface area (Å²) in [5.74, 6) is 0. The van der Waals surface area contributed by atoms with Crippen molar-refractivity contribution in [2.24, 2.45) is 0 Å². The Morgan fingerprint density at radius 1 is 1.27 bits per heavy atom. The molecule has 1 aromatic carbocycles. The zero-order chi connectivity index (χ0) is 17.2. The maximum absolute atomic E-state index is 10.7. The molecule has 0 aliphatic heterocycles. The lowest BCUT2D eigenvalue weighted by Gasteiger charge is -2.08. The van der Waals surface area contributed by atoms with E-state index < -0.39 is 23.7 Å². The van der Waals surface area contributed by atoms with Gasteiger partial charge in [-0.3, -0.25) is 0 Å². The molecule has 0 unspecified atom stereocenters. The lowest BCUT2D eigenvalue weighted by molar-refractivity contribution is -0.707. The molecule has 5 nitrogen and oxygen atoms in total. The first-order valence-electron chi connectivity index (χ1n) is 6.08. The monoisotopic (exact) mass is 372 g/mol. The molecule has 2 rings (SSSR count). The Hall–Kier alpha value is -1.04. The number of fused-ring (bicyclic) bond motifs is 1. The van der Waals surface area contributed by atoms with Gasteiger partial charge in [0.2, 0.25) is 0 Å². The first kappa shape index (κ1) is 19.0. The first-order valence-corrected chi connectivity index (χ1v) is 12.0. The Bertz CT molecular complexity index is 739. The van der Waals surface area contributed by atoms with E-state index in [1.807, 2.05) is 0 Å². The van der Waals surface area contributed by atoms with Crippen molar-refractivity contribution >= 4 is 39.9 Å². The van der Waals surface area contributed by atoms with E-state index in [1.165, 1.54) is 10.2 Å². The predicted octanol–water partition coefficient (Wildman–Crippen LogP) is 2.51. The number of alkyl halides is 3. The van der Waals surface area contributed by atoms with E-state index in [-0.39, 0.29) is 0 Å². The van der Waals surface area contributed by atoms with Crippen LogP contribution >= 0.6 is 11.5 Å². The van der Waals surface area contributed by atoms with Gasteiger partial charge in [0, 0.05) is 17.6 Å². The highest BCUT2D eigenvalue weighted by Crippen LogP contribution is 2.20. The van der Waals surface area contributed by atoms with Crippen LogP contribution in [0.5, 0.6) is 0 Å². The van der Waals surface area contributed by atoms with Crippen LogP contribution in [0, 0.1) is 0 Å². The molecule has 0 N–H and O–H groups in total. The molecule has 0 saturated carbocycles. The van der Waals surface area contributed by atoms with Crippen molar-refractivity contribution in [2.45, 2.75) is 31.3 Å². The summed E-state index contributed by atoms with van der Waals surface area (Å²) in [4.78, 5) is 0. The van der Waals surface area contributed by atoms with Crippen LogP contribution < -0.4 is 4.68 Å². The lowest BCUT2D eigenvalue weighted by Crippen LogP contribution is -2.47. The Kier molecular flexibility index (Phi) is 5.70. The van der Waals surface area contributed by atoms with Crippen molar-refractivity contribution in [1.82, 2.24) is 4.49 Å². The van der Waals surface area contributed by atoms with E-state index in [1.54, 1.807) is 11.5 Å². The van der Waals surface area contributed by atoms with E-state index in [9.17, 15) is 13.2 Å². The van der Waals surface area contributed by atoms with Gasteiger partial charge in [0.25, 0.3) is 5.52 Å². The van der Waals surface area contributed by atoms with Gasteiger partial charge in [-0.25, -0.2) is 8.42 Å². The van der Waals surface area contributed by atoms with Gasteiger partial charge >= 0.3 is 5.51 Å².